The van der Waals surface area contributed by atoms with E-state index in [0.717, 1.165) is 28.5 Å². The largest absolute Gasteiger partial charge is 0.394 e. The van der Waals surface area contributed by atoms with E-state index >= 15 is 0 Å². The quantitative estimate of drug-likeness (QED) is 0.178. The number of aliphatic hydroxyl groups excluding tert-OH is 1. The standard InChI is InChI=1S/C34H36O6/c35-21-31(37-23-27-13-5-1-6-14-27)33(39-25-29-17-9-3-10-18-29)34(40-26-30-19-11-4-12-20-30)32(22-36)38-24-28-15-7-2-8-16-28/h1-21,31-34,36H,22-26H2/t31-,32+,33+,34-/m0/s1. The molecule has 0 heterocycles. The lowest BCUT2D eigenvalue weighted by Gasteiger charge is -2.35. The van der Waals surface area contributed by atoms with Gasteiger partial charge in [0, 0.05) is 0 Å². The van der Waals surface area contributed by atoms with Crippen molar-refractivity contribution in [2.45, 2.75) is 50.8 Å². The minimum absolute atomic E-state index is 0.218. The SMILES string of the molecule is O=C[C@H](OCc1ccccc1)[C@@H](OCc1ccccc1)[C@@H](OCc1ccccc1)[C@@H](CO)OCc1ccccc1. The third kappa shape index (κ3) is 9.23. The highest BCUT2D eigenvalue weighted by Gasteiger charge is 2.38. The number of ether oxygens (including phenoxy) is 4. The van der Waals surface area contributed by atoms with Crippen LogP contribution >= 0.6 is 0 Å². The van der Waals surface area contributed by atoms with Gasteiger partial charge in [-0.05, 0) is 22.3 Å². The van der Waals surface area contributed by atoms with Crippen LogP contribution in [0.2, 0.25) is 0 Å². The zero-order valence-electron chi connectivity index (χ0n) is 22.5. The molecule has 4 aromatic carbocycles. The van der Waals surface area contributed by atoms with Crippen molar-refractivity contribution in [2.75, 3.05) is 6.61 Å². The molecular formula is C34H36O6. The van der Waals surface area contributed by atoms with Crippen LogP contribution in [0.3, 0.4) is 0 Å². The first-order valence-electron chi connectivity index (χ1n) is 13.4. The summed E-state index contributed by atoms with van der Waals surface area (Å²) in [5.74, 6) is 0. The number of aliphatic hydroxyl groups is 1. The first kappa shape index (κ1) is 29.3. The molecule has 4 atom stereocenters. The Morgan fingerprint density at radius 2 is 0.850 bits per heavy atom. The molecule has 40 heavy (non-hydrogen) atoms. The van der Waals surface area contributed by atoms with Crippen molar-refractivity contribution in [1.29, 1.82) is 0 Å². The lowest BCUT2D eigenvalue weighted by atomic mass is 10.0. The molecule has 0 aliphatic heterocycles. The van der Waals surface area contributed by atoms with Gasteiger partial charge < -0.3 is 28.8 Å². The van der Waals surface area contributed by atoms with Gasteiger partial charge in [-0.1, -0.05) is 121 Å². The summed E-state index contributed by atoms with van der Waals surface area (Å²) in [7, 11) is 0. The number of aldehydes is 1. The molecule has 4 rings (SSSR count). The Kier molecular flexibility index (Phi) is 12.1. The number of carbonyl (C=O) groups is 1. The van der Waals surface area contributed by atoms with Crippen LogP contribution in [0.15, 0.2) is 121 Å². The van der Waals surface area contributed by atoms with E-state index in [1.165, 1.54) is 0 Å². The van der Waals surface area contributed by atoms with Gasteiger partial charge >= 0.3 is 0 Å². The molecule has 1 N–H and O–H groups in total. The Morgan fingerprint density at radius 1 is 0.500 bits per heavy atom. The van der Waals surface area contributed by atoms with E-state index in [-0.39, 0.29) is 33.0 Å². The summed E-state index contributed by atoms with van der Waals surface area (Å²) in [4.78, 5) is 12.5. The van der Waals surface area contributed by atoms with E-state index in [4.69, 9.17) is 18.9 Å². The third-order valence-corrected chi connectivity index (χ3v) is 6.49. The van der Waals surface area contributed by atoms with Crippen molar-refractivity contribution >= 4 is 6.29 Å². The third-order valence-electron chi connectivity index (χ3n) is 6.49. The molecule has 4 aromatic rings. The predicted octanol–water partition coefficient (Wildman–Crippen LogP) is 5.52. The Hall–Kier alpha value is -3.65. The number of hydrogen-bond acceptors (Lipinski definition) is 6. The van der Waals surface area contributed by atoms with E-state index in [1.54, 1.807) is 0 Å². The zero-order chi connectivity index (χ0) is 27.8. The van der Waals surface area contributed by atoms with Crippen LogP contribution < -0.4 is 0 Å². The van der Waals surface area contributed by atoms with Gasteiger partial charge in [-0.25, -0.2) is 0 Å². The summed E-state index contributed by atoms with van der Waals surface area (Å²) in [6.07, 6.45) is -2.70. The molecule has 6 nitrogen and oxygen atoms in total. The predicted molar refractivity (Wildman–Crippen MR) is 153 cm³/mol. The van der Waals surface area contributed by atoms with E-state index in [2.05, 4.69) is 0 Å². The first-order chi connectivity index (χ1) is 19.8. The van der Waals surface area contributed by atoms with Crippen molar-refractivity contribution in [3.63, 3.8) is 0 Å². The average Bonchev–Trinajstić information content (AvgIpc) is 3.02. The van der Waals surface area contributed by atoms with Crippen LogP contribution in [0.1, 0.15) is 22.3 Å². The molecule has 0 unspecified atom stereocenters. The Labute approximate surface area is 236 Å². The minimum Gasteiger partial charge on any atom is -0.394 e. The molecule has 0 saturated heterocycles. The van der Waals surface area contributed by atoms with Gasteiger partial charge in [-0.2, -0.15) is 0 Å². The number of hydrogen-bond donors (Lipinski definition) is 1. The number of rotatable bonds is 17. The molecule has 0 aliphatic rings. The number of carbonyl (C=O) groups excluding carboxylic acids is 1. The van der Waals surface area contributed by atoms with Crippen molar-refractivity contribution in [3.05, 3.63) is 144 Å². The maximum Gasteiger partial charge on any atom is 0.151 e. The zero-order valence-corrected chi connectivity index (χ0v) is 22.5. The first-order valence-corrected chi connectivity index (χ1v) is 13.4. The smallest absolute Gasteiger partial charge is 0.151 e. The number of benzene rings is 4. The molecular weight excluding hydrogens is 504 g/mol. The van der Waals surface area contributed by atoms with E-state index in [1.807, 2.05) is 121 Å². The van der Waals surface area contributed by atoms with Gasteiger partial charge in [-0.15, -0.1) is 0 Å². The second-order valence-electron chi connectivity index (χ2n) is 9.44. The Bertz CT molecular complexity index is 1220. The normalized spacial score (nSPS) is 14.2. The molecule has 0 fully saturated rings. The monoisotopic (exact) mass is 540 g/mol. The fourth-order valence-electron chi connectivity index (χ4n) is 4.33. The van der Waals surface area contributed by atoms with Crippen LogP contribution in [-0.2, 0) is 50.2 Å². The maximum atomic E-state index is 12.5. The molecule has 0 amide bonds. The van der Waals surface area contributed by atoms with Gasteiger partial charge in [0.2, 0.25) is 0 Å². The van der Waals surface area contributed by atoms with E-state index < -0.39 is 24.4 Å². The molecule has 6 heteroatoms. The molecule has 0 spiro atoms. The lowest BCUT2D eigenvalue weighted by molar-refractivity contribution is -0.194. The highest BCUT2D eigenvalue weighted by atomic mass is 16.6. The molecule has 0 radical (unpaired) electrons. The van der Waals surface area contributed by atoms with Gasteiger partial charge in [0.1, 0.15) is 24.4 Å². The summed E-state index contributed by atoms with van der Waals surface area (Å²) in [6, 6.07) is 38.8. The average molecular weight is 541 g/mol. The van der Waals surface area contributed by atoms with Gasteiger partial charge in [0.05, 0.1) is 33.0 Å². The fraction of sp³-hybridized carbons (Fsp3) is 0.265. The van der Waals surface area contributed by atoms with Crippen molar-refractivity contribution in [2.24, 2.45) is 0 Å². The highest BCUT2D eigenvalue weighted by molar-refractivity contribution is 5.57. The second-order valence-corrected chi connectivity index (χ2v) is 9.44. The van der Waals surface area contributed by atoms with Gasteiger partial charge in [0.15, 0.2) is 6.29 Å². The highest BCUT2D eigenvalue weighted by Crippen LogP contribution is 2.22. The fourth-order valence-corrected chi connectivity index (χ4v) is 4.33. The van der Waals surface area contributed by atoms with Gasteiger partial charge in [0.25, 0.3) is 0 Å². The Balaban J connectivity index is 1.60. The van der Waals surface area contributed by atoms with Crippen LogP contribution in [-0.4, -0.2) is 42.4 Å². The van der Waals surface area contributed by atoms with E-state index in [9.17, 15) is 9.90 Å². The van der Waals surface area contributed by atoms with Crippen LogP contribution in [0.4, 0.5) is 0 Å². The topological polar surface area (TPSA) is 74.2 Å². The molecule has 208 valence electrons. The molecule has 0 bridgehead atoms. The molecule has 0 saturated carbocycles. The second kappa shape index (κ2) is 16.5. The van der Waals surface area contributed by atoms with Crippen molar-refractivity contribution in [3.8, 4) is 0 Å². The van der Waals surface area contributed by atoms with E-state index in [0.29, 0.717) is 0 Å². The maximum absolute atomic E-state index is 12.5. The minimum atomic E-state index is -0.973. The van der Waals surface area contributed by atoms with Crippen molar-refractivity contribution < 1.29 is 28.8 Å². The summed E-state index contributed by atoms with van der Waals surface area (Å²) in [6.45, 7) is 0.620. The molecule has 0 aliphatic carbocycles. The summed E-state index contributed by atoms with van der Waals surface area (Å²) in [5.41, 5.74) is 3.77. The van der Waals surface area contributed by atoms with Gasteiger partial charge in [-0.3, -0.25) is 0 Å². The Morgan fingerprint density at radius 3 is 1.23 bits per heavy atom. The summed E-state index contributed by atoms with van der Waals surface area (Å²) >= 11 is 0. The molecule has 0 aromatic heterocycles. The van der Waals surface area contributed by atoms with Crippen molar-refractivity contribution in [1.82, 2.24) is 0 Å². The summed E-state index contributed by atoms with van der Waals surface area (Å²) in [5, 5.41) is 10.5. The summed E-state index contributed by atoms with van der Waals surface area (Å²) < 4.78 is 25.1. The van der Waals surface area contributed by atoms with Crippen LogP contribution in [0.5, 0.6) is 0 Å². The van der Waals surface area contributed by atoms with Crippen LogP contribution in [0, 0.1) is 0 Å². The lowest BCUT2D eigenvalue weighted by Crippen LogP contribution is -2.51. The van der Waals surface area contributed by atoms with Crippen LogP contribution in [0.25, 0.3) is 0 Å².